The largest absolute Gasteiger partial charge is 0.322 e. The maximum absolute atomic E-state index is 11.9. The van der Waals surface area contributed by atoms with Gasteiger partial charge in [0, 0.05) is 11.8 Å². The van der Waals surface area contributed by atoms with Gasteiger partial charge in [-0.15, -0.1) is 0 Å². The molecule has 2 aromatic carbocycles. The molecule has 1 amide bonds. The van der Waals surface area contributed by atoms with E-state index < -0.39 is 0 Å². The van der Waals surface area contributed by atoms with Crippen LogP contribution in [0.3, 0.4) is 0 Å². The summed E-state index contributed by atoms with van der Waals surface area (Å²) in [4.78, 5) is 11.9. The summed E-state index contributed by atoms with van der Waals surface area (Å²) in [6.45, 7) is 4.11. The van der Waals surface area contributed by atoms with Crippen molar-refractivity contribution in [3.05, 3.63) is 71.3 Å². The van der Waals surface area contributed by atoms with Crippen molar-refractivity contribution in [2.24, 2.45) is 0 Å². The highest BCUT2D eigenvalue weighted by Crippen LogP contribution is 2.15. The van der Waals surface area contributed by atoms with E-state index in [2.05, 4.69) is 12.2 Å². The van der Waals surface area contributed by atoms with E-state index >= 15 is 0 Å². The van der Waals surface area contributed by atoms with Crippen molar-refractivity contribution in [1.29, 1.82) is 0 Å². The lowest BCUT2D eigenvalue weighted by molar-refractivity contribution is -0.111. The number of para-hydroxylation sites is 1. The Morgan fingerprint density at radius 1 is 1.15 bits per heavy atom. The molecule has 2 nitrogen and oxygen atoms in total. The number of anilines is 1. The molecule has 0 aromatic heterocycles. The molecule has 1 N–H and O–H groups in total. The third kappa shape index (κ3) is 3.82. The highest BCUT2D eigenvalue weighted by atomic mass is 16.1. The van der Waals surface area contributed by atoms with E-state index in [-0.39, 0.29) is 5.91 Å². The van der Waals surface area contributed by atoms with E-state index in [4.69, 9.17) is 0 Å². The van der Waals surface area contributed by atoms with Gasteiger partial charge in [0.05, 0.1) is 0 Å². The summed E-state index contributed by atoms with van der Waals surface area (Å²) in [7, 11) is 0. The average Bonchev–Trinajstić information content (AvgIpc) is 2.46. The normalized spacial score (nSPS) is 10.7. The van der Waals surface area contributed by atoms with Gasteiger partial charge in [0.25, 0.3) is 0 Å². The Labute approximate surface area is 120 Å². The zero-order valence-electron chi connectivity index (χ0n) is 11.9. The zero-order chi connectivity index (χ0) is 14.4. The number of hydrogen-bond donors (Lipinski definition) is 1. The predicted octanol–water partition coefficient (Wildman–Crippen LogP) is 4.21. The lowest BCUT2D eigenvalue weighted by Gasteiger charge is -2.07. The molecule has 2 aromatic rings. The van der Waals surface area contributed by atoms with Crippen molar-refractivity contribution in [3.8, 4) is 0 Å². The van der Waals surface area contributed by atoms with Crippen LogP contribution in [0.2, 0.25) is 0 Å². The Bertz CT molecular complexity index is 629. The second kappa shape index (κ2) is 6.71. The molecule has 0 saturated carbocycles. The van der Waals surface area contributed by atoms with E-state index in [1.54, 1.807) is 6.08 Å². The standard InChI is InChI=1S/C18H19NO/c1-3-16-9-4-5-10-17(16)19-18(20)12-11-15-8-6-7-14(2)13-15/h4-13H,3H2,1-2H3,(H,19,20)/b12-11+. The maximum atomic E-state index is 11.9. The number of aryl methyl sites for hydroxylation is 2. The van der Waals surface area contributed by atoms with E-state index in [1.807, 2.05) is 61.5 Å². The number of nitrogens with one attached hydrogen (secondary N) is 1. The highest BCUT2D eigenvalue weighted by molar-refractivity contribution is 6.02. The molecule has 0 aliphatic carbocycles. The van der Waals surface area contributed by atoms with Gasteiger partial charge in [-0.1, -0.05) is 55.0 Å². The van der Waals surface area contributed by atoms with Crippen LogP contribution in [-0.2, 0) is 11.2 Å². The van der Waals surface area contributed by atoms with Gasteiger partial charge in [-0.25, -0.2) is 0 Å². The molecular weight excluding hydrogens is 246 g/mol. The minimum atomic E-state index is -0.104. The maximum Gasteiger partial charge on any atom is 0.248 e. The first-order valence-corrected chi connectivity index (χ1v) is 6.82. The minimum absolute atomic E-state index is 0.104. The molecule has 20 heavy (non-hydrogen) atoms. The second-order valence-corrected chi connectivity index (χ2v) is 4.75. The molecule has 0 unspecified atom stereocenters. The fourth-order valence-electron chi connectivity index (χ4n) is 2.07. The number of hydrogen-bond acceptors (Lipinski definition) is 1. The molecule has 0 fully saturated rings. The lowest BCUT2D eigenvalue weighted by atomic mass is 10.1. The molecule has 0 saturated heterocycles. The molecule has 0 aliphatic heterocycles. The molecule has 2 heteroatoms. The van der Waals surface area contributed by atoms with Crippen LogP contribution in [0.4, 0.5) is 5.69 Å². The summed E-state index contributed by atoms with van der Waals surface area (Å²) in [5, 5.41) is 2.92. The molecular formula is C18H19NO. The van der Waals surface area contributed by atoms with Crippen LogP contribution in [0.25, 0.3) is 6.08 Å². The second-order valence-electron chi connectivity index (χ2n) is 4.75. The summed E-state index contributed by atoms with van der Waals surface area (Å²) in [5.41, 5.74) is 4.24. The summed E-state index contributed by atoms with van der Waals surface area (Å²) in [6.07, 6.45) is 4.30. The van der Waals surface area contributed by atoms with Gasteiger partial charge in [0.1, 0.15) is 0 Å². The molecule has 0 aliphatic rings. The van der Waals surface area contributed by atoms with Gasteiger partial charge in [0.15, 0.2) is 0 Å². The topological polar surface area (TPSA) is 29.1 Å². The van der Waals surface area contributed by atoms with E-state index in [1.165, 1.54) is 5.56 Å². The van der Waals surface area contributed by atoms with Gasteiger partial charge in [0.2, 0.25) is 5.91 Å². The van der Waals surface area contributed by atoms with Crippen LogP contribution >= 0.6 is 0 Å². The minimum Gasteiger partial charge on any atom is -0.322 e. The van der Waals surface area contributed by atoms with Crippen molar-refractivity contribution >= 4 is 17.7 Å². The van der Waals surface area contributed by atoms with Crippen molar-refractivity contribution in [1.82, 2.24) is 0 Å². The Morgan fingerprint density at radius 3 is 2.70 bits per heavy atom. The van der Waals surface area contributed by atoms with Crippen LogP contribution in [-0.4, -0.2) is 5.91 Å². The third-order valence-electron chi connectivity index (χ3n) is 3.13. The molecule has 0 atom stereocenters. The zero-order valence-corrected chi connectivity index (χ0v) is 11.9. The number of rotatable bonds is 4. The molecule has 2 rings (SSSR count). The summed E-state index contributed by atoms with van der Waals surface area (Å²) in [5.74, 6) is -0.104. The van der Waals surface area contributed by atoms with Crippen molar-refractivity contribution in [2.45, 2.75) is 20.3 Å². The Balaban J connectivity index is 2.06. The Morgan fingerprint density at radius 2 is 1.95 bits per heavy atom. The summed E-state index contributed by atoms with van der Waals surface area (Å²) in [6, 6.07) is 15.9. The monoisotopic (exact) mass is 265 g/mol. The van der Waals surface area contributed by atoms with Gasteiger partial charge in [-0.05, 0) is 36.6 Å². The average molecular weight is 265 g/mol. The molecule has 102 valence electrons. The quantitative estimate of drug-likeness (QED) is 0.824. The van der Waals surface area contributed by atoms with Crippen LogP contribution in [0.1, 0.15) is 23.6 Å². The van der Waals surface area contributed by atoms with E-state index in [0.29, 0.717) is 0 Å². The van der Waals surface area contributed by atoms with Crippen molar-refractivity contribution in [2.75, 3.05) is 5.32 Å². The number of carbonyl (C=O) groups excluding carboxylic acids is 1. The summed E-state index contributed by atoms with van der Waals surface area (Å²) < 4.78 is 0. The van der Waals surface area contributed by atoms with E-state index in [0.717, 1.165) is 23.2 Å². The van der Waals surface area contributed by atoms with Crippen molar-refractivity contribution < 1.29 is 4.79 Å². The first-order chi connectivity index (χ1) is 9.69. The fraction of sp³-hybridized carbons (Fsp3) is 0.167. The first-order valence-electron chi connectivity index (χ1n) is 6.82. The van der Waals surface area contributed by atoms with Gasteiger partial charge in [-0.3, -0.25) is 4.79 Å². The highest BCUT2D eigenvalue weighted by Gasteiger charge is 2.02. The predicted molar refractivity (Wildman–Crippen MR) is 84.7 cm³/mol. The van der Waals surface area contributed by atoms with Gasteiger partial charge >= 0.3 is 0 Å². The summed E-state index contributed by atoms with van der Waals surface area (Å²) >= 11 is 0. The van der Waals surface area contributed by atoms with Crippen LogP contribution in [0.5, 0.6) is 0 Å². The van der Waals surface area contributed by atoms with E-state index in [9.17, 15) is 4.79 Å². The van der Waals surface area contributed by atoms with Crippen LogP contribution < -0.4 is 5.32 Å². The lowest BCUT2D eigenvalue weighted by Crippen LogP contribution is -2.09. The van der Waals surface area contributed by atoms with Gasteiger partial charge < -0.3 is 5.32 Å². The van der Waals surface area contributed by atoms with Crippen LogP contribution in [0.15, 0.2) is 54.6 Å². The third-order valence-corrected chi connectivity index (χ3v) is 3.13. The SMILES string of the molecule is CCc1ccccc1NC(=O)/C=C/c1cccc(C)c1. The Kier molecular flexibility index (Phi) is 4.72. The van der Waals surface area contributed by atoms with Crippen LogP contribution in [0, 0.1) is 6.92 Å². The fourth-order valence-corrected chi connectivity index (χ4v) is 2.07. The van der Waals surface area contributed by atoms with Gasteiger partial charge in [-0.2, -0.15) is 0 Å². The molecule has 0 spiro atoms. The Hall–Kier alpha value is -2.35. The number of carbonyl (C=O) groups is 1. The first kappa shape index (κ1) is 14.1. The van der Waals surface area contributed by atoms with Crippen molar-refractivity contribution in [3.63, 3.8) is 0 Å². The molecule has 0 bridgehead atoms. The number of amides is 1. The smallest absolute Gasteiger partial charge is 0.248 e. The molecule has 0 heterocycles. The number of benzene rings is 2. The molecule has 0 radical (unpaired) electrons.